The summed E-state index contributed by atoms with van der Waals surface area (Å²) in [5, 5.41) is 5.58. The molecule has 26 heavy (non-hydrogen) atoms. The number of carbonyl (C=O) groups excluding carboxylic acids is 1. The lowest BCUT2D eigenvalue weighted by Crippen LogP contribution is -2.32. The fraction of sp³-hybridized carbons (Fsp3) is 0.350. The van der Waals surface area contributed by atoms with Gasteiger partial charge in [0.05, 0.1) is 6.54 Å². The minimum atomic E-state index is -0.308. The van der Waals surface area contributed by atoms with Crippen LogP contribution in [0.15, 0.2) is 42.5 Å². The summed E-state index contributed by atoms with van der Waals surface area (Å²) in [5.41, 5.74) is 2.93. The number of benzene rings is 2. The summed E-state index contributed by atoms with van der Waals surface area (Å²) in [6, 6.07) is 11.5. The third-order valence-electron chi connectivity index (χ3n) is 4.06. The number of hydrogen-bond acceptors (Lipinski definition) is 3. The summed E-state index contributed by atoms with van der Waals surface area (Å²) in [6.07, 6.45) is 0. The second-order valence-corrected chi connectivity index (χ2v) is 5.85. The van der Waals surface area contributed by atoms with Gasteiger partial charge in [0.25, 0.3) is 0 Å². The van der Waals surface area contributed by atoms with Gasteiger partial charge in [-0.15, -0.1) is 0 Å². The Kier molecular flexibility index (Phi) is 7.26. The maximum atomic E-state index is 12.8. The molecule has 2 aromatic carbocycles. The number of nitrogens with zero attached hydrogens (tertiary/aromatic N) is 1. The zero-order chi connectivity index (χ0) is 18.9. The highest BCUT2D eigenvalue weighted by molar-refractivity contribution is 5.90. The monoisotopic (exact) mass is 359 g/mol. The van der Waals surface area contributed by atoms with E-state index in [1.165, 1.54) is 12.1 Å². The van der Waals surface area contributed by atoms with Gasteiger partial charge in [0, 0.05) is 24.5 Å². The third kappa shape index (κ3) is 5.65. The topological polar surface area (TPSA) is 53.6 Å². The van der Waals surface area contributed by atoms with Gasteiger partial charge in [-0.1, -0.05) is 0 Å². The lowest BCUT2D eigenvalue weighted by Gasteiger charge is -2.22. The molecule has 2 amide bonds. The Morgan fingerprint density at radius 1 is 1.12 bits per heavy atom. The van der Waals surface area contributed by atoms with Gasteiger partial charge < -0.3 is 20.3 Å². The van der Waals surface area contributed by atoms with Crippen molar-refractivity contribution in [1.82, 2.24) is 5.32 Å². The van der Waals surface area contributed by atoms with E-state index in [2.05, 4.69) is 35.4 Å². The van der Waals surface area contributed by atoms with E-state index in [-0.39, 0.29) is 11.8 Å². The quantitative estimate of drug-likeness (QED) is 0.695. The molecular weight excluding hydrogens is 333 g/mol. The molecule has 0 bridgehead atoms. The SMILES string of the molecule is CCN(CC)c1ccc(NC(=O)NCCOc2ccc(F)cc2)c(C)c1. The highest BCUT2D eigenvalue weighted by Crippen LogP contribution is 2.22. The van der Waals surface area contributed by atoms with Crippen LogP contribution in [-0.2, 0) is 0 Å². The number of amides is 2. The van der Waals surface area contributed by atoms with Crippen molar-refractivity contribution in [2.24, 2.45) is 0 Å². The maximum Gasteiger partial charge on any atom is 0.319 e. The molecule has 0 heterocycles. The molecule has 2 rings (SSSR count). The number of ether oxygens (including phenoxy) is 1. The standard InChI is InChI=1S/C20H26FN3O2/c1-4-24(5-2)17-8-11-19(15(3)14-17)23-20(25)22-12-13-26-18-9-6-16(21)7-10-18/h6-11,14H,4-5,12-13H2,1-3H3,(H2,22,23,25). The molecule has 0 saturated heterocycles. The molecule has 6 heteroatoms. The number of carbonyl (C=O) groups is 1. The van der Waals surface area contributed by atoms with Crippen LogP contribution in [0.4, 0.5) is 20.6 Å². The van der Waals surface area contributed by atoms with Crippen molar-refractivity contribution in [3.63, 3.8) is 0 Å². The molecule has 0 atom stereocenters. The average molecular weight is 359 g/mol. The number of anilines is 2. The van der Waals surface area contributed by atoms with Crippen molar-refractivity contribution < 1.29 is 13.9 Å². The summed E-state index contributed by atoms with van der Waals surface area (Å²) >= 11 is 0. The number of halogens is 1. The van der Waals surface area contributed by atoms with Crippen molar-refractivity contribution in [1.29, 1.82) is 0 Å². The molecule has 0 spiro atoms. The molecule has 2 N–H and O–H groups in total. The van der Waals surface area contributed by atoms with E-state index >= 15 is 0 Å². The minimum Gasteiger partial charge on any atom is -0.492 e. The normalized spacial score (nSPS) is 10.3. The van der Waals surface area contributed by atoms with Gasteiger partial charge in [-0.05, 0) is 68.8 Å². The van der Waals surface area contributed by atoms with Crippen molar-refractivity contribution in [3.05, 3.63) is 53.8 Å². The van der Waals surface area contributed by atoms with Crippen LogP contribution < -0.4 is 20.3 Å². The fourth-order valence-electron chi connectivity index (χ4n) is 2.60. The van der Waals surface area contributed by atoms with Crippen LogP contribution in [-0.4, -0.2) is 32.3 Å². The Bertz CT molecular complexity index is 715. The van der Waals surface area contributed by atoms with Crippen LogP contribution in [0.5, 0.6) is 5.75 Å². The Morgan fingerprint density at radius 3 is 2.42 bits per heavy atom. The first-order chi connectivity index (χ1) is 12.5. The van der Waals surface area contributed by atoms with Crippen LogP contribution in [0.3, 0.4) is 0 Å². The van der Waals surface area contributed by atoms with Gasteiger partial charge in [-0.2, -0.15) is 0 Å². The highest BCUT2D eigenvalue weighted by Gasteiger charge is 2.07. The Morgan fingerprint density at radius 2 is 1.81 bits per heavy atom. The summed E-state index contributed by atoms with van der Waals surface area (Å²) in [5.74, 6) is 0.258. The number of hydrogen-bond donors (Lipinski definition) is 2. The molecule has 0 radical (unpaired) electrons. The van der Waals surface area contributed by atoms with Crippen LogP contribution in [0.2, 0.25) is 0 Å². The summed E-state index contributed by atoms with van der Waals surface area (Å²) < 4.78 is 18.2. The molecule has 2 aromatic rings. The van der Waals surface area contributed by atoms with E-state index < -0.39 is 0 Å². The smallest absolute Gasteiger partial charge is 0.319 e. The summed E-state index contributed by atoms with van der Waals surface area (Å²) in [7, 11) is 0. The molecule has 0 aliphatic heterocycles. The van der Waals surface area contributed by atoms with Crippen LogP contribution in [0.25, 0.3) is 0 Å². The van der Waals surface area contributed by atoms with Crippen molar-refractivity contribution in [3.8, 4) is 5.75 Å². The van der Waals surface area contributed by atoms with Gasteiger partial charge in [0.15, 0.2) is 0 Å². The summed E-state index contributed by atoms with van der Waals surface area (Å²) in [6.45, 7) is 8.74. The average Bonchev–Trinajstić information content (AvgIpc) is 2.63. The van der Waals surface area contributed by atoms with Gasteiger partial charge in [0.1, 0.15) is 18.2 Å². The summed E-state index contributed by atoms with van der Waals surface area (Å²) in [4.78, 5) is 14.3. The molecule has 140 valence electrons. The second kappa shape index (κ2) is 9.65. The van der Waals surface area contributed by atoms with Crippen LogP contribution in [0.1, 0.15) is 19.4 Å². The van der Waals surface area contributed by atoms with E-state index in [1.54, 1.807) is 12.1 Å². The number of urea groups is 1. The van der Waals surface area contributed by atoms with E-state index in [9.17, 15) is 9.18 Å². The number of nitrogens with one attached hydrogen (secondary N) is 2. The zero-order valence-electron chi connectivity index (χ0n) is 15.5. The lowest BCUT2D eigenvalue weighted by molar-refractivity contribution is 0.247. The molecule has 0 saturated carbocycles. The predicted molar refractivity (Wildman–Crippen MR) is 104 cm³/mol. The van der Waals surface area contributed by atoms with Crippen LogP contribution in [0, 0.1) is 12.7 Å². The minimum absolute atomic E-state index is 0.286. The Balaban J connectivity index is 1.79. The maximum absolute atomic E-state index is 12.8. The first-order valence-corrected chi connectivity index (χ1v) is 8.82. The lowest BCUT2D eigenvalue weighted by atomic mass is 10.1. The van der Waals surface area contributed by atoms with Gasteiger partial charge in [-0.3, -0.25) is 0 Å². The van der Waals surface area contributed by atoms with E-state index in [0.717, 1.165) is 30.0 Å². The second-order valence-electron chi connectivity index (χ2n) is 5.85. The molecule has 0 fully saturated rings. The molecule has 5 nitrogen and oxygen atoms in total. The van der Waals surface area contributed by atoms with E-state index in [4.69, 9.17) is 4.74 Å². The van der Waals surface area contributed by atoms with Crippen molar-refractivity contribution >= 4 is 17.4 Å². The van der Waals surface area contributed by atoms with Crippen molar-refractivity contribution in [2.75, 3.05) is 36.5 Å². The molecular formula is C20H26FN3O2. The number of rotatable bonds is 8. The predicted octanol–water partition coefficient (Wildman–Crippen LogP) is 4.18. The van der Waals surface area contributed by atoms with E-state index in [0.29, 0.717) is 18.9 Å². The Labute approximate surface area is 154 Å². The molecule has 0 aliphatic rings. The third-order valence-corrected chi connectivity index (χ3v) is 4.06. The van der Waals surface area contributed by atoms with Crippen molar-refractivity contribution in [2.45, 2.75) is 20.8 Å². The molecule has 0 unspecified atom stereocenters. The highest BCUT2D eigenvalue weighted by atomic mass is 19.1. The van der Waals surface area contributed by atoms with Crippen LogP contribution >= 0.6 is 0 Å². The molecule has 0 aromatic heterocycles. The van der Waals surface area contributed by atoms with Gasteiger partial charge in [0.2, 0.25) is 0 Å². The van der Waals surface area contributed by atoms with E-state index in [1.807, 2.05) is 19.1 Å². The fourth-order valence-corrected chi connectivity index (χ4v) is 2.60. The number of aryl methyl sites for hydroxylation is 1. The first kappa shape index (κ1) is 19.6. The zero-order valence-corrected chi connectivity index (χ0v) is 15.5. The van der Waals surface area contributed by atoms with Gasteiger partial charge >= 0.3 is 6.03 Å². The first-order valence-electron chi connectivity index (χ1n) is 8.82. The molecule has 0 aliphatic carbocycles. The Hall–Kier alpha value is -2.76. The van der Waals surface area contributed by atoms with Gasteiger partial charge in [-0.25, -0.2) is 9.18 Å². The largest absolute Gasteiger partial charge is 0.492 e.